The van der Waals surface area contributed by atoms with Crippen LogP contribution in [-0.4, -0.2) is 25.1 Å². The molecule has 0 atom stereocenters. The van der Waals surface area contributed by atoms with E-state index in [1.807, 2.05) is 11.3 Å². The first-order chi connectivity index (χ1) is 8.26. The summed E-state index contributed by atoms with van der Waals surface area (Å²) in [6.07, 6.45) is 3.84. The van der Waals surface area contributed by atoms with E-state index in [2.05, 4.69) is 31.1 Å². The Morgan fingerprint density at radius 3 is 2.76 bits per heavy atom. The van der Waals surface area contributed by atoms with E-state index >= 15 is 0 Å². The Bertz CT molecular complexity index is 358. The lowest BCUT2D eigenvalue weighted by atomic mass is 10.2. The van der Waals surface area contributed by atoms with Crippen molar-refractivity contribution in [2.45, 2.75) is 45.6 Å². The number of thiazole rings is 1. The van der Waals surface area contributed by atoms with Crippen LogP contribution in [0.15, 0.2) is 0 Å². The first-order valence-corrected chi connectivity index (χ1v) is 7.49. The maximum atomic E-state index is 4.85. The van der Waals surface area contributed by atoms with Crippen molar-refractivity contribution in [2.75, 3.05) is 25.0 Å². The Kier molecular flexibility index (Phi) is 4.40. The van der Waals surface area contributed by atoms with Crippen molar-refractivity contribution in [3.05, 3.63) is 10.6 Å². The Balaban J connectivity index is 2.12. The molecule has 17 heavy (non-hydrogen) atoms. The van der Waals surface area contributed by atoms with Gasteiger partial charge in [0.15, 0.2) is 5.13 Å². The molecule has 0 saturated heterocycles. The monoisotopic (exact) mass is 253 g/mol. The predicted octanol–water partition coefficient (Wildman–Crippen LogP) is 2.98. The second-order valence-electron chi connectivity index (χ2n) is 4.78. The summed E-state index contributed by atoms with van der Waals surface area (Å²) in [5, 5.41) is 4.62. The van der Waals surface area contributed by atoms with Gasteiger partial charge in [-0.05, 0) is 25.8 Å². The lowest BCUT2D eigenvalue weighted by molar-refractivity contribution is 0.726. The van der Waals surface area contributed by atoms with Crippen molar-refractivity contribution in [1.29, 1.82) is 0 Å². The third-order valence-electron chi connectivity index (χ3n) is 3.10. The van der Waals surface area contributed by atoms with E-state index in [1.165, 1.54) is 35.0 Å². The third kappa shape index (κ3) is 3.19. The summed E-state index contributed by atoms with van der Waals surface area (Å²) in [6, 6.07) is 0. The van der Waals surface area contributed by atoms with Crippen LogP contribution in [0.25, 0.3) is 0 Å². The molecule has 0 aliphatic heterocycles. The molecule has 0 aromatic carbocycles. The van der Waals surface area contributed by atoms with Gasteiger partial charge in [-0.2, -0.15) is 0 Å². The SMILES string of the molecule is CCCN(C)c1nc(C2CC2)c(CNCC)s1. The van der Waals surface area contributed by atoms with E-state index in [9.17, 15) is 0 Å². The summed E-state index contributed by atoms with van der Waals surface area (Å²) >= 11 is 1.87. The Hall–Kier alpha value is -0.610. The Morgan fingerprint density at radius 1 is 1.41 bits per heavy atom. The molecule has 96 valence electrons. The largest absolute Gasteiger partial charge is 0.351 e. The van der Waals surface area contributed by atoms with Crippen molar-refractivity contribution in [3.8, 4) is 0 Å². The topological polar surface area (TPSA) is 28.2 Å². The molecule has 0 unspecified atom stereocenters. The minimum absolute atomic E-state index is 0.753. The maximum absolute atomic E-state index is 4.85. The molecule has 4 heteroatoms. The minimum Gasteiger partial charge on any atom is -0.351 e. The highest BCUT2D eigenvalue weighted by Crippen LogP contribution is 2.44. The Labute approximate surface area is 108 Å². The molecule has 1 aliphatic rings. The van der Waals surface area contributed by atoms with Crippen LogP contribution in [0, 0.1) is 0 Å². The molecule has 0 spiro atoms. The van der Waals surface area contributed by atoms with Gasteiger partial charge >= 0.3 is 0 Å². The summed E-state index contributed by atoms with van der Waals surface area (Å²) < 4.78 is 0. The molecular weight excluding hydrogens is 230 g/mol. The lowest BCUT2D eigenvalue weighted by Crippen LogP contribution is -2.17. The number of hydrogen-bond acceptors (Lipinski definition) is 4. The highest BCUT2D eigenvalue weighted by Gasteiger charge is 2.29. The van der Waals surface area contributed by atoms with E-state index in [4.69, 9.17) is 4.98 Å². The fourth-order valence-corrected chi connectivity index (χ4v) is 3.09. The number of hydrogen-bond donors (Lipinski definition) is 1. The molecule has 0 amide bonds. The average Bonchev–Trinajstić information content (AvgIpc) is 3.07. The van der Waals surface area contributed by atoms with E-state index in [1.54, 1.807) is 0 Å². The first-order valence-electron chi connectivity index (χ1n) is 6.67. The molecule has 1 aromatic heterocycles. The van der Waals surface area contributed by atoms with Crippen LogP contribution in [0.1, 0.15) is 49.6 Å². The van der Waals surface area contributed by atoms with Gasteiger partial charge in [0, 0.05) is 30.9 Å². The normalized spacial score (nSPS) is 15.2. The molecule has 1 heterocycles. The molecule has 3 nitrogen and oxygen atoms in total. The fourth-order valence-electron chi connectivity index (χ4n) is 1.99. The molecule has 1 fully saturated rings. The summed E-state index contributed by atoms with van der Waals surface area (Å²) in [4.78, 5) is 8.58. The number of aromatic nitrogens is 1. The molecule has 1 aromatic rings. The summed E-state index contributed by atoms with van der Waals surface area (Å²) in [6.45, 7) is 7.48. The minimum atomic E-state index is 0.753. The van der Waals surface area contributed by atoms with Crippen LogP contribution in [0.5, 0.6) is 0 Å². The zero-order chi connectivity index (χ0) is 12.3. The summed E-state index contributed by atoms with van der Waals surface area (Å²) in [5.74, 6) is 0.753. The fraction of sp³-hybridized carbons (Fsp3) is 0.769. The summed E-state index contributed by atoms with van der Waals surface area (Å²) in [5.41, 5.74) is 1.37. The van der Waals surface area contributed by atoms with Crippen LogP contribution in [0.2, 0.25) is 0 Å². The van der Waals surface area contributed by atoms with E-state index in [0.717, 1.165) is 25.6 Å². The molecule has 1 aliphatic carbocycles. The highest BCUT2D eigenvalue weighted by molar-refractivity contribution is 7.15. The van der Waals surface area contributed by atoms with Crippen molar-refractivity contribution >= 4 is 16.5 Å². The maximum Gasteiger partial charge on any atom is 0.185 e. The third-order valence-corrected chi connectivity index (χ3v) is 4.29. The van der Waals surface area contributed by atoms with E-state index < -0.39 is 0 Å². The highest BCUT2D eigenvalue weighted by atomic mass is 32.1. The number of nitrogens with zero attached hydrogens (tertiary/aromatic N) is 2. The van der Waals surface area contributed by atoms with Crippen molar-refractivity contribution in [3.63, 3.8) is 0 Å². The molecule has 0 radical (unpaired) electrons. The quantitative estimate of drug-likeness (QED) is 0.809. The van der Waals surface area contributed by atoms with Crippen molar-refractivity contribution < 1.29 is 0 Å². The van der Waals surface area contributed by atoms with Gasteiger partial charge in [-0.1, -0.05) is 13.8 Å². The molecule has 1 N–H and O–H groups in total. The van der Waals surface area contributed by atoms with Crippen LogP contribution < -0.4 is 10.2 Å². The standard InChI is InChI=1S/C13H23N3S/c1-4-8-16(3)13-15-12(10-6-7-10)11(17-13)9-14-5-2/h10,14H,4-9H2,1-3H3. The van der Waals surface area contributed by atoms with Gasteiger partial charge in [-0.3, -0.25) is 0 Å². The molecular formula is C13H23N3S. The van der Waals surface area contributed by atoms with Gasteiger partial charge in [0.2, 0.25) is 0 Å². The van der Waals surface area contributed by atoms with Crippen molar-refractivity contribution in [2.24, 2.45) is 0 Å². The Morgan fingerprint density at radius 2 is 2.18 bits per heavy atom. The van der Waals surface area contributed by atoms with Crippen LogP contribution in [0.3, 0.4) is 0 Å². The van der Waals surface area contributed by atoms with Gasteiger partial charge in [0.05, 0.1) is 5.69 Å². The second kappa shape index (κ2) is 5.83. The van der Waals surface area contributed by atoms with Gasteiger partial charge in [0.25, 0.3) is 0 Å². The summed E-state index contributed by atoms with van der Waals surface area (Å²) in [7, 11) is 2.15. The zero-order valence-corrected chi connectivity index (χ0v) is 11.9. The van der Waals surface area contributed by atoms with Crippen LogP contribution in [0.4, 0.5) is 5.13 Å². The number of anilines is 1. The second-order valence-corrected chi connectivity index (χ2v) is 5.84. The molecule has 2 rings (SSSR count). The van der Waals surface area contributed by atoms with Gasteiger partial charge in [-0.25, -0.2) is 4.98 Å². The van der Waals surface area contributed by atoms with E-state index in [-0.39, 0.29) is 0 Å². The van der Waals surface area contributed by atoms with Crippen LogP contribution in [-0.2, 0) is 6.54 Å². The van der Waals surface area contributed by atoms with Gasteiger partial charge in [0.1, 0.15) is 0 Å². The number of rotatable bonds is 7. The zero-order valence-electron chi connectivity index (χ0n) is 11.1. The van der Waals surface area contributed by atoms with Gasteiger partial charge in [-0.15, -0.1) is 11.3 Å². The number of nitrogens with one attached hydrogen (secondary N) is 1. The predicted molar refractivity (Wildman–Crippen MR) is 75.0 cm³/mol. The first kappa shape index (κ1) is 12.8. The van der Waals surface area contributed by atoms with Gasteiger partial charge < -0.3 is 10.2 Å². The molecule has 0 bridgehead atoms. The average molecular weight is 253 g/mol. The van der Waals surface area contributed by atoms with E-state index in [0.29, 0.717) is 0 Å². The smallest absolute Gasteiger partial charge is 0.185 e. The lowest BCUT2D eigenvalue weighted by Gasteiger charge is -2.13. The van der Waals surface area contributed by atoms with Crippen LogP contribution >= 0.6 is 11.3 Å². The molecule has 1 saturated carbocycles. The van der Waals surface area contributed by atoms with Crippen molar-refractivity contribution in [1.82, 2.24) is 10.3 Å².